The molecule has 1 amide bonds. The number of nitrogens with one attached hydrogen (secondary N) is 2. The summed E-state index contributed by atoms with van der Waals surface area (Å²) in [5.74, 6) is 0.378. The van der Waals surface area contributed by atoms with Crippen molar-refractivity contribution in [1.29, 1.82) is 0 Å². The van der Waals surface area contributed by atoms with E-state index in [0.717, 1.165) is 22.3 Å². The second kappa shape index (κ2) is 10.1. The largest absolute Gasteiger partial charge is 0.497 e. The van der Waals surface area contributed by atoms with Crippen LogP contribution in [0.25, 0.3) is 28.2 Å². The summed E-state index contributed by atoms with van der Waals surface area (Å²) in [6.07, 6.45) is 3.08. The molecule has 170 valence electrons. The first-order valence-electron chi connectivity index (χ1n) is 10.5. The lowest BCUT2D eigenvalue weighted by molar-refractivity contribution is -0.115. The van der Waals surface area contributed by atoms with Gasteiger partial charge in [0, 0.05) is 17.1 Å². The molecule has 1 aromatic heterocycles. The molecule has 4 aromatic rings. The Bertz CT molecular complexity index is 1460. The van der Waals surface area contributed by atoms with Gasteiger partial charge in [0.1, 0.15) is 11.3 Å². The first-order valence-corrected chi connectivity index (χ1v) is 10.9. The number of methoxy groups -OCH3 is 1. The van der Waals surface area contributed by atoms with E-state index in [2.05, 4.69) is 10.6 Å². The Morgan fingerprint density at radius 2 is 1.79 bits per heavy atom. The molecular weight excluding hydrogens is 448 g/mol. The molecule has 0 spiro atoms. The number of ether oxygens (including phenoxy) is 1. The smallest absolute Gasteiger partial charge is 0.344 e. The topological polar surface area (TPSA) is 80.6 Å². The van der Waals surface area contributed by atoms with E-state index in [4.69, 9.17) is 21.4 Å². The van der Waals surface area contributed by atoms with Gasteiger partial charge in [-0.3, -0.25) is 10.1 Å². The molecule has 3 aromatic carbocycles. The molecule has 0 aliphatic heterocycles. The molecule has 0 radical (unpaired) electrons. The SMILES string of the molecule is COc1ccc(/C=C/C(=O)NC(=S)Nc2cc(-c3cc4ccccc4oc3=O)ccc2C)cc1. The molecule has 1 heterocycles. The molecule has 0 unspecified atom stereocenters. The van der Waals surface area contributed by atoms with Gasteiger partial charge in [-0.25, -0.2) is 4.79 Å². The molecule has 0 bridgehead atoms. The molecule has 2 N–H and O–H groups in total. The van der Waals surface area contributed by atoms with Crippen LogP contribution in [0.5, 0.6) is 5.75 Å². The van der Waals surface area contributed by atoms with Crippen LogP contribution < -0.4 is 21.0 Å². The number of rotatable bonds is 5. The summed E-state index contributed by atoms with van der Waals surface area (Å²) in [5, 5.41) is 6.65. The Hall–Kier alpha value is -4.23. The lowest BCUT2D eigenvalue weighted by Crippen LogP contribution is -2.33. The minimum Gasteiger partial charge on any atom is -0.497 e. The van der Waals surface area contributed by atoms with Crippen LogP contribution in [0.3, 0.4) is 0 Å². The zero-order chi connectivity index (χ0) is 24.1. The fourth-order valence-corrected chi connectivity index (χ4v) is 3.59. The Morgan fingerprint density at radius 1 is 1.03 bits per heavy atom. The molecule has 0 aliphatic rings. The molecule has 0 saturated heterocycles. The van der Waals surface area contributed by atoms with E-state index in [1.165, 1.54) is 6.08 Å². The van der Waals surface area contributed by atoms with Crippen LogP contribution >= 0.6 is 12.2 Å². The van der Waals surface area contributed by atoms with Crippen molar-refractivity contribution in [2.24, 2.45) is 0 Å². The summed E-state index contributed by atoms with van der Waals surface area (Å²) in [5.41, 5.74) is 3.67. The van der Waals surface area contributed by atoms with Crippen LogP contribution in [0.4, 0.5) is 5.69 Å². The van der Waals surface area contributed by atoms with E-state index in [-0.39, 0.29) is 11.0 Å². The van der Waals surface area contributed by atoms with Crippen molar-refractivity contribution in [3.8, 4) is 16.9 Å². The fourth-order valence-electron chi connectivity index (χ4n) is 3.38. The van der Waals surface area contributed by atoms with Crippen molar-refractivity contribution in [1.82, 2.24) is 5.32 Å². The quantitative estimate of drug-likeness (QED) is 0.234. The van der Waals surface area contributed by atoms with Crippen molar-refractivity contribution in [3.05, 3.63) is 100 Å². The molecule has 0 fully saturated rings. The average molecular weight is 471 g/mol. The van der Waals surface area contributed by atoms with Crippen molar-refractivity contribution in [2.45, 2.75) is 6.92 Å². The Balaban J connectivity index is 1.47. The van der Waals surface area contributed by atoms with Gasteiger partial charge in [0.05, 0.1) is 12.7 Å². The van der Waals surface area contributed by atoms with Crippen LogP contribution in [-0.2, 0) is 4.79 Å². The molecule has 6 nitrogen and oxygen atoms in total. The summed E-state index contributed by atoms with van der Waals surface area (Å²) >= 11 is 5.31. The number of aryl methyl sites for hydroxylation is 1. The number of hydrogen-bond acceptors (Lipinski definition) is 5. The van der Waals surface area contributed by atoms with Crippen LogP contribution in [0.15, 0.2) is 88.1 Å². The lowest BCUT2D eigenvalue weighted by Gasteiger charge is -2.12. The van der Waals surface area contributed by atoms with Gasteiger partial charge in [0.25, 0.3) is 0 Å². The molecule has 0 saturated carbocycles. The summed E-state index contributed by atoms with van der Waals surface area (Å²) < 4.78 is 10.6. The normalized spacial score (nSPS) is 10.9. The average Bonchev–Trinajstić information content (AvgIpc) is 2.84. The highest BCUT2D eigenvalue weighted by Gasteiger charge is 2.11. The Morgan fingerprint density at radius 3 is 2.56 bits per heavy atom. The van der Waals surface area contributed by atoms with Crippen LogP contribution in [0, 0.1) is 6.92 Å². The van der Waals surface area contributed by atoms with Crippen molar-refractivity contribution >= 4 is 46.0 Å². The van der Waals surface area contributed by atoms with Gasteiger partial charge in [-0.05, 0) is 72.2 Å². The number of fused-ring (bicyclic) bond motifs is 1. The highest BCUT2D eigenvalue weighted by molar-refractivity contribution is 7.80. The third-order valence-electron chi connectivity index (χ3n) is 5.22. The number of carbonyl (C=O) groups is 1. The second-order valence-electron chi connectivity index (χ2n) is 7.56. The van der Waals surface area contributed by atoms with Gasteiger partial charge >= 0.3 is 5.63 Å². The van der Waals surface area contributed by atoms with Crippen molar-refractivity contribution < 1.29 is 13.9 Å². The minimum atomic E-state index is -0.423. The number of anilines is 1. The van der Waals surface area contributed by atoms with Crippen LogP contribution in [0.2, 0.25) is 0 Å². The predicted molar refractivity (Wildman–Crippen MR) is 139 cm³/mol. The van der Waals surface area contributed by atoms with E-state index in [9.17, 15) is 9.59 Å². The predicted octanol–water partition coefficient (Wildman–Crippen LogP) is 5.30. The van der Waals surface area contributed by atoms with Crippen LogP contribution in [0.1, 0.15) is 11.1 Å². The first kappa shape index (κ1) is 22.9. The maximum absolute atomic E-state index is 12.5. The maximum atomic E-state index is 12.5. The summed E-state index contributed by atoms with van der Waals surface area (Å²) in [6, 6.07) is 22.0. The summed E-state index contributed by atoms with van der Waals surface area (Å²) in [6.45, 7) is 1.91. The van der Waals surface area contributed by atoms with E-state index < -0.39 is 5.63 Å². The summed E-state index contributed by atoms with van der Waals surface area (Å²) in [7, 11) is 1.60. The first-order chi connectivity index (χ1) is 16.4. The van der Waals surface area contributed by atoms with E-state index in [1.54, 1.807) is 25.3 Å². The third kappa shape index (κ3) is 5.39. The zero-order valence-electron chi connectivity index (χ0n) is 18.6. The van der Waals surface area contributed by atoms with Gasteiger partial charge in [-0.1, -0.05) is 42.5 Å². The molecular formula is C27H22N2O4S. The van der Waals surface area contributed by atoms with E-state index >= 15 is 0 Å². The monoisotopic (exact) mass is 470 g/mol. The number of benzene rings is 3. The van der Waals surface area contributed by atoms with Gasteiger partial charge in [0.2, 0.25) is 5.91 Å². The zero-order valence-corrected chi connectivity index (χ0v) is 19.4. The second-order valence-corrected chi connectivity index (χ2v) is 7.97. The molecule has 0 atom stereocenters. The number of hydrogen-bond donors (Lipinski definition) is 2. The number of amides is 1. The standard InChI is InChI=1S/C27H22N2O4S/c1-17-7-11-19(22-15-20-5-3-4-6-24(20)33-26(22)31)16-23(17)28-27(34)29-25(30)14-10-18-8-12-21(32-2)13-9-18/h3-16H,1-2H3,(H2,28,29,30,34)/b14-10+. The summed E-state index contributed by atoms with van der Waals surface area (Å²) in [4.78, 5) is 24.8. The van der Waals surface area contributed by atoms with Gasteiger partial charge < -0.3 is 14.5 Å². The van der Waals surface area contributed by atoms with Gasteiger partial charge in [-0.2, -0.15) is 0 Å². The van der Waals surface area contributed by atoms with E-state index in [1.807, 2.05) is 67.6 Å². The highest BCUT2D eigenvalue weighted by atomic mass is 32.1. The van der Waals surface area contributed by atoms with Gasteiger partial charge in [0.15, 0.2) is 5.11 Å². The van der Waals surface area contributed by atoms with Crippen molar-refractivity contribution in [2.75, 3.05) is 12.4 Å². The van der Waals surface area contributed by atoms with Gasteiger partial charge in [-0.15, -0.1) is 0 Å². The maximum Gasteiger partial charge on any atom is 0.344 e. The van der Waals surface area contributed by atoms with E-state index in [0.29, 0.717) is 22.4 Å². The Kier molecular flexibility index (Phi) is 6.85. The Labute approximate surface area is 201 Å². The fraction of sp³-hybridized carbons (Fsp3) is 0.0741. The minimum absolute atomic E-state index is 0.148. The molecule has 7 heteroatoms. The number of carbonyl (C=O) groups excluding carboxylic acids is 1. The highest BCUT2D eigenvalue weighted by Crippen LogP contribution is 2.26. The molecule has 34 heavy (non-hydrogen) atoms. The lowest BCUT2D eigenvalue weighted by atomic mass is 10.0. The third-order valence-corrected chi connectivity index (χ3v) is 5.42. The molecule has 4 rings (SSSR count). The number of thiocarbonyl (C=S) groups is 1. The molecule has 0 aliphatic carbocycles. The van der Waals surface area contributed by atoms with Crippen LogP contribution in [-0.4, -0.2) is 18.1 Å². The van der Waals surface area contributed by atoms with Crippen molar-refractivity contribution in [3.63, 3.8) is 0 Å². The number of para-hydroxylation sites is 1.